The van der Waals surface area contributed by atoms with Gasteiger partial charge in [-0.3, -0.25) is 9.59 Å². The van der Waals surface area contributed by atoms with Crippen LogP contribution in [0.3, 0.4) is 0 Å². The van der Waals surface area contributed by atoms with Gasteiger partial charge in [0.2, 0.25) is 11.8 Å². The zero-order valence-corrected chi connectivity index (χ0v) is 14.3. The lowest BCUT2D eigenvalue weighted by Gasteiger charge is -2.12. The number of rotatable bonds is 6. The minimum atomic E-state index is -0.396. The van der Waals surface area contributed by atoms with Crippen LogP contribution in [-0.2, 0) is 16.0 Å². The summed E-state index contributed by atoms with van der Waals surface area (Å²) in [5.41, 5.74) is 2.28. The van der Waals surface area contributed by atoms with Crippen LogP contribution in [0.5, 0.6) is 0 Å². The maximum Gasteiger partial charge on any atom is 0.239 e. The summed E-state index contributed by atoms with van der Waals surface area (Å²) in [5, 5.41) is 5.31. The number of carbonyl (C=O) groups is 2. The van der Waals surface area contributed by atoms with Gasteiger partial charge in [0.1, 0.15) is 11.6 Å². The molecule has 0 aliphatic heterocycles. The van der Waals surface area contributed by atoms with Crippen LogP contribution in [0.1, 0.15) is 24.4 Å². The maximum atomic E-state index is 13.1. The third-order valence-electron chi connectivity index (χ3n) is 3.90. The van der Waals surface area contributed by atoms with Crippen molar-refractivity contribution < 1.29 is 14.0 Å². The SMILES string of the molecule is CC(NC(=O)CNC(=O)Cc1cccc(F)c1)c1nc2ccccc2[nH]1. The summed E-state index contributed by atoms with van der Waals surface area (Å²) in [6.45, 7) is 1.66. The quantitative estimate of drug-likeness (QED) is 0.634. The van der Waals surface area contributed by atoms with Crippen molar-refractivity contribution >= 4 is 22.8 Å². The van der Waals surface area contributed by atoms with E-state index in [-0.39, 0.29) is 30.8 Å². The Labute approximate surface area is 149 Å². The van der Waals surface area contributed by atoms with Crippen molar-refractivity contribution in [1.29, 1.82) is 0 Å². The molecule has 7 heteroatoms. The summed E-state index contributed by atoms with van der Waals surface area (Å²) in [7, 11) is 0. The average molecular weight is 354 g/mol. The van der Waals surface area contributed by atoms with Crippen molar-refractivity contribution in [2.45, 2.75) is 19.4 Å². The van der Waals surface area contributed by atoms with Crippen LogP contribution in [0.25, 0.3) is 11.0 Å². The molecule has 1 unspecified atom stereocenters. The topological polar surface area (TPSA) is 86.9 Å². The first-order valence-electron chi connectivity index (χ1n) is 8.26. The number of benzene rings is 2. The van der Waals surface area contributed by atoms with Gasteiger partial charge in [0.15, 0.2) is 0 Å². The number of nitrogens with one attached hydrogen (secondary N) is 3. The van der Waals surface area contributed by atoms with E-state index in [9.17, 15) is 14.0 Å². The molecule has 3 aromatic rings. The first kappa shape index (κ1) is 17.6. The van der Waals surface area contributed by atoms with E-state index in [4.69, 9.17) is 0 Å². The molecule has 2 amide bonds. The van der Waals surface area contributed by atoms with E-state index in [1.165, 1.54) is 12.1 Å². The fraction of sp³-hybridized carbons (Fsp3) is 0.211. The number of nitrogens with zero attached hydrogens (tertiary/aromatic N) is 1. The monoisotopic (exact) mass is 354 g/mol. The summed E-state index contributed by atoms with van der Waals surface area (Å²) in [6.07, 6.45) is 0.0180. The van der Waals surface area contributed by atoms with Crippen LogP contribution in [0, 0.1) is 5.82 Å². The van der Waals surface area contributed by atoms with Gasteiger partial charge in [-0.25, -0.2) is 9.37 Å². The number of hydrogen-bond acceptors (Lipinski definition) is 3. The Balaban J connectivity index is 1.49. The highest BCUT2D eigenvalue weighted by molar-refractivity contribution is 5.86. The van der Waals surface area contributed by atoms with Gasteiger partial charge in [-0.1, -0.05) is 24.3 Å². The number of aromatic amines is 1. The van der Waals surface area contributed by atoms with Crippen molar-refractivity contribution in [3.63, 3.8) is 0 Å². The Morgan fingerprint density at radius 1 is 1.15 bits per heavy atom. The van der Waals surface area contributed by atoms with E-state index in [1.54, 1.807) is 12.1 Å². The molecule has 0 spiro atoms. The first-order chi connectivity index (χ1) is 12.5. The smallest absolute Gasteiger partial charge is 0.239 e. The number of fused-ring (bicyclic) bond motifs is 1. The second kappa shape index (κ2) is 7.77. The number of carbonyl (C=O) groups excluding carboxylic acids is 2. The second-order valence-electron chi connectivity index (χ2n) is 6.01. The van der Waals surface area contributed by atoms with Gasteiger partial charge in [0, 0.05) is 0 Å². The van der Waals surface area contributed by atoms with Crippen LogP contribution < -0.4 is 10.6 Å². The lowest BCUT2D eigenvalue weighted by atomic mass is 10.1. The van der Waals surface area contributed by atoms with Crippen molar-refractivity contribution in [2.24, 2.45) is 0 Å². The molecule has 1 heterocycles. The van der Waals surface area contributed by atoms with Crippen LogP contribution in [-0.4, -0.2) is 28.3 Å². The summed E-state index contributed by atoms with van der Waals surface area (Å²) >= 11 is 0. The summed E-state index contributed by atoms with van der Waals surface area (Å²) < 4.78 is 13.1. The molecule has 1 aromatic heterocycles. The minimum Gasteiger partial charge on any atom is -0.347 e. The fourth-order valence-corrected chi connectivity index (χ4v) is 2.61. The molecule has 0 saturated carbocycles. The van der Waals surface area contributed by atoms with E-state index >= 15 is 0 Å². The normalized spacial score (nSPS) is 11.9. The van der Waals surface area contributed by atoms with Crippen LogP contribution in [0.15, 0.2) is 48.5 Å². The molecule has 6 nitrogen and oxygen atoms in total. The van der Waals surface area contributed by atoms with Crippen molar-refractivity contribution in [3.05, 3.63) is 65.7 Å². The Morgan fingerprint density at radius 2 is 1.96 bits per heavy atom. The van der Waals surface area contributed by atoms with Gasteiger partial charge in [-0.05, 0) is 36.8 Å². The predicted octanol–water partition coefficient (Wildman–Crippen LogP) is 2.24. The summed E-state index contributed by atoms with van der Waals surface area (Å²) in [6, 6.07) is 13.1. The highest BCUT2D eigenvalue weighted by Gasteiger charge is 2.14. The van der Waals surface area contributed by atoms with E-state index < -0.39 is 5.82 Å². The van der Waals surface area contributed by atoms with Crippen LogP contribution >= 0.6 is 0 Å². The summed E-state index contributed by atoms with van der Waals surface area (Å²) in [5.74, 6) is -0.425. The lowest BCUT2D eigenvalue weighted by molar-refractivity contribution is -0.126. The highest BCUT2D eigenvalue weighted by Crippen LogP contribution is 2.15. The molecule has 0 aliphatic rings. The van der Waals surface area contributed by atoms with Gasteiger partial charge in [-0.2, -0.15) is 0 Å². The van der Waals surface area contributed by atoms with E-state index in [2.05, 4.69) is 20.6 Å². The van der Waals surface area contributed by atoms with Crippen molar-refractivity contribution in [1.82, 2.24) is 20.6 Å². The highest BCUT2D eigenvalue weighted by atomic mass is 19.1. The van der Waals surface area contributed by atoms with Crippen LogP contribution in [0.4, 0.5) is 4.39 Å². The molecule has 3 rings (SSSR count). The van der Waals surface area contributed by atoms with Gasteiger partial charge in [0.25, 0.3) is 0 Å². The predicted molar refractivity (Wildman–Crippen MR) is 95.8 cm³/mol. The molecular formula is C19H19FN4O2. The molecule has 26 heavy (non-hydrogen) atoms. The molecule has 0 fully saturated rings. The zero-order valence-electron chi connectivity index (χ0n) is 14.3. The van der Waals surface area contributed by atoms with Gasteiger partial charge >= 0.3 is 0 Å². The standard InChI is InChI=1S/C19H19FN4O2/c1-12(19-23-15-7-2-3-8-16(15)24-19)22-18(26)11-21-17(25)10-13-5-4-6-14(20)9-13/h2-9,12H,10-11H2,1H3,(H,21,25)(H,22,26)(H,23,24). The number of halogens is 1. The Kier molecular flexibility index (Phi) is 5.26. The number of imidazole rings is 1. The number of aromatic nitrogens is 2. The van der Waals surface area contributed by atoms with Crippen molar-refractivity contribution in [2.75, 3.05) is 6.54 Å². The Bertz CT molecular complexity index is 905. The Hall–Kier alpha value is -3.22. The van der Waals surface area contributed by atoms with Crippen molar-refractivity contribution in [3.8, 4) is 0 Å². The molecule has 0 radical (unpaired) electrons. The molecule has 134 valence electrons. The molecule has 2 aromatic carbocycles. The minimum absolute atomic E-state index is 0.0180. The van der Waals surface area contributed by atoms with Gasteiger partial charge < -0.3 is 15.6 Å². The maximum absolute atomic E-state index is 13.1. The lowest BCUT2D eigenvalue weighted by Crippen LogP contribution is -2.38. The molecule has 3 N–H and O–H groups in total. The van der Waals surface area contributed by atoms with Crippen LogP contribution in [0.2, 0.25) is 0 Å². The number of hydrogen-bond donors (Lipinski definition) is 3. The number of amides is 2. The number of H-pyrrole nitrogens is 1. The molecular weight excluding hydrogens is 335 g/mol. The molecule has 0 saturated heterocycles. The zero-order chi connectivity index (χ0) is 18.5. The van der Waals surface area contributed by atoms with Gasteiger partial charge in [0.05, 0.1) is 30.0 Å². The fourth-order valence-electron chi connectivity index (χ4n) is 2.61. The average Bonchev–Trinajstić information content (AvgIpc) is 3.04. The van der Waals surface area contributed by atoms with E-state index in [0.717, 1.165) is 11.0 Å². The third-order valence-corrected chi connectivity index (χ3v) is 3.90. The third kappa shape index (κ3) is 4.44. The molecule has 0 aliphatic carbocycles. The molecule has 1 atom stereocenters. The largest absolute Gasteiger partial charge is 0.347 e. The number of para-hydroxylation sites is 2. The molecule has 0 bridgehead atoms. The summed E-state index contributed by atoms with van der Waals surface area (Å²) in [4.78, 5) is 31.5. The van der Waals surface area contributed by atoms with Gasteiger partial charge in [-0.15, -0.1) is 0 Å². The Morgan fingerprint density at radius 3 is 2.73 bits per heavy atom. The first-order valence-corrected chi connectivity index (χ1v) is 8.26. The van der Waals surface area contributed by atoms with E-state index in [1.807, 2.05) is 31.2 Å². The second-order valence-corrected chi connectivity index (χ2v) is 6.01. The van der Waals surface area contributed by atoms with E-state index in [0.29, 0.717) is 11.4 Å².